The highest BCUT2D eigenvalue weighted by atomic mass is 16.5. The lowest BCUT2D eigenvalue weighted by atomic mass is 9.80. The van der Waals surface area contributed by atoms with Gasteiger partial charge in [0, 0.05) is 51.2 Å². The molecule has 336 valence electrons. The zero-order chi connectivity index (χ0) is 44.7. The molecule has 2 aliphatic heterocycles. The molecule has 0 radical (unpaired) electrons. The summed E-state index contributed by atoms with van der Waals surface area (Å²) in [5.74, 6) is 1.02. The summed E-state index contributed by atoms with van der Waals surface area (Å²) in [5.41, 5.74) is 15.2. The molecule has 4 unspecified atom stereocenters. The van der Waals surface area contributed by atoms with Gasteiger partial charge in [-0.2, -0.15) is 0 Å². The maximum atomic E-state index is 15.4. The van der Waals surface area contributed by atoms with Crippen LogP contribution in [-0.2, 0) is 33.5 Å². The van der Waals surface area contributed by atoms with E-state index in [0.717, 1.165) is 48.4 Å². The highest BCUT2D eigenvalue weighted by Crippen LogP contribution is 2.55. The minimum Gasteiger partial charge on any atom is -0.388 e. The van der Waals surface area contributed by atoms with Crippen molar-refractivity contribution in [1.29, 1.82) is 0 Å². The van der Waals surface area contributed by atoms with Crippen LogP contribution >= 0.6 is 0 Å². The minimum absolute atomic E-state index is 0.241. The lowest BCUT2D eigenvalue weighted by Gasteiger charge is -2.28. The van der Waals surface area contributed by atoms with Crippen LogP contribution in [0.5, 0.6) is 0 Å². The zero-order valence-corrected chi connectivity index (χ0v) is 38.0. The topological polar surface area (TPSA) is 108 Å². The number of anilines is 2. The largest absolute Gasteiger partial charge is 0.388 e. The number of carbonyl (C=O) groups is 1. The smallest absolute Gasteiger partial charge is 0.233 e. The Kier molecular flexibility index (Phi) is 10.3. The first-order valence-corrected chi connectivity index (χ1v) is 24.1. The van der Waals surface area contributed by atoms with Crippen molar-refractivity contribution < 1.29 is 24.5 Å². The molecule has 2 N–H and O–H groups in total. The first kappa shape index (κ1) is 41.7. The van der Waals surface area contributed by atoms with E-state index >= 15 is 4.79 Å². The summed E-state index contributed by atoms with van der Waals surface area (Å²) in [5, 5.41) is 23.4. The number of hydrogen-bond acceptors (Lipinski definition) is 9. The first-order chi connectivity index (χ1) is 32.2. The Morgan fingerprint density at radius 2 is 1.03 bits per heavy atom. The van der Waals surface area contributed by atoms with E-state index < -0.39 is 12.2 Å². The summed E-state index contributed by atoms with van der Waals surface area (Å²) < 4.78 is 11.1. The number of fused-ring (bicyclic) bond motifs is 4. The van der Waals surface area contributed by atoms with E-state index in [0.29, 0.717) is 60.5 Å². The predicted molar refractivity (Wildman–Crippen MR) is 257 cm³/mol. The van der Waals surface area contributed by atoms with E-state index in [4.69, 9.17) is 19.4 Å². The van der Waals surface area contributed by atoms with Crippen molar-refractivity contribution in [2.45, 2.75) is 99.5 Å². The van der Waals surface area contributed by atoms with E-state index in [1.807, 2.05) is 24.3 Å². The number of ketones is 1. The summed E-state index contributed by atoms with van der Waals surface area (Å²) >= 11 is 0. The summed E-state index contributed by atoms with van der Waals surface area (Å²) in [4.78, 5) is 30.1. The van der Waals surface area contributed by atoms with E-state index in [-0.39, 0.29) is 29.8 Å². The predicted octanol–water partition coefficient (Wildman–Crippen LogP) is 10.3. The van der Waals surface area contributed by atoms with Crippen LogP contribution in [-0.4, -0.2) is 66.4 Å². The van der Waals surface area contributed by atoms with Crippen LogP contribution < -0.4 is 9.80 Å². The maximum Gasteiger partial charge on any atom is 0.233 e. The third-order valence-corrected chi connectivity index (χ3v) is 16.0. The second kappa shape index (κ2) is 16.3. The summed E-state index contributed by atoms with van der Waals surface area (Å²) in [7, 11) is 3.28. The van der Waals surface area contributed by atoms with Crippen molar-refractivity contribution in [2.24, 2.45) is 0 Å². The van der Waals surface area contributed by atoms with Gasteiger partial charge in [0.1, 0.15) is 11.4 Å². The van der Waals surface area contributed by atoms with E-state index in [9.17, 15) is 10.2 Å². The highest BCUT2D eigenvalue weighted by Gasteiger charge is 2.50. The fourth-order valence-electron chi connectivity index (χ4n) is 12.5. The number of ether oxygens (including phenoxy) is 2. The highest BCUT2D eigenvalue weighted by molar-refractivity contribution is 6.13. The molecule has 4 atom stereocenters. The molecule has 4 fully saturated rings. The molecule has 4 aliphatic carbocycles. The molecule has 0 amide bonds. The normalized spacial score (nSPS) is 24.2. The van der Waals surface area contributed by atoms with Gasteiger partial charge >= 0.3 is 0 Å². The van der Waals surface area contributed by atoms with Gasteiger partial charge in [0.25, 0.3) is 0 Å². The third-order valence-electron chi connectivity index (χ3n) is 16.0. The molecule has 2 spiro atoms. The molecule has 4 heterocycles. The summed E-state index contributed by atoms with van der Waals surface area (Å²) in [6.07, 6.45) is 6.81. The van der Waals surface area contributed by atoms with Gasteiger partial charge in [0.2, 0.25) is 5.78 Å². The fraction of sp³-hybridized carbons (Fsp3) is 0.386. The number of pyridine rings is 2. The van der Waals surface area contributed by atoms with Gasteiger partial charge in [0.05, 0.1) is 48.2 Å². The van der Waals surface area contributed by atoms with Gasteiger partial charge in [0.15, 0.2) is 0 Å². The average Bonchev–Trinajstić information content (AvgIpc) is 4.26. The molecule has 12 rings (SSSR count). The maximum absolute atomic E-state index is 15.4. The Balaban J connectivity index is 0.859. The Hall–Kier alpha value is -5.71. The van der Waals surface area contributed by atoms with Crippen LogP contribution in [0.15, 0.2) is 109 Å². The SMILES string of the molecule is COCc1ccc(N2CCC3(CC(O)c4cc(-c5ccccc5C5CC5)ccc43)C2)c(C(=O)c2nc(COC)ccc2N2CCC3(CC(O)c4cc(-c5ccccc5C5CC5)ccc43)C2)n1. The molecule has 6 aromatic rings. The summed E-state index contributed by atoms with van der Waals surface area (Å²) in [6, 6.07) is 38.9. The molecule has 9 nitrogen and oxygen atoms in total. The molecular weight excluding hydrogens is 821 g/mol. The van der Waals surface area contributed by atoms with Gasteiger partial charge in [-0.3, -0.25) is 4.79 Å². The quantitative estimate of drug-likeness (QED) is 0.116. The van der Waals surface area contributed by atoms with Crippen LogP contribution in [0.1, 0.15) is 136 Å². The van der Waals surface area contributed by atoms with E-state index in [1.54, 1.807) is 14.2 Å². The number of aromatic nitrogens is 2. The second-order valence-corrected chi connectivity index (χ2v) is 20.2. The molecule has 2 saturated carbocycles. The number of hydrogen-bond donors (Lipinski definition) is 2. The molecule has 9 heteroatoms. The van der Waals surface area contributed by atoms with E-state index in [1.165, 1.54) is 70.2 Å². The lowest BCUT2D eigenvalue weighted by Crippen LogP contribution is -2.31. The standard InChI is InChI=1S/C57H58N4O5/c1-65-31-39-17-21-49(60-25-23-56(33-60)29-51(62)45-27-37(15-19-47(45)56)43-9-5-3-7-41(43)35-11-12-35)53(58-39)55(64)54-50(22-18-40(59-54)32-66-2)61-26-24-57(34-61)30-52(63)46-28-38(16-20-48(46)57)44-10-6-4-8-42(44)36-13-14-36/h3-10,15-22,27-28,35-36,51-52,62-63H,11-14,23-26,29-34H2,1-2H3. The van der Waals surface area contributed by atoms with Crippen molar-refractivity contribution in [1.82, 2.24) is 9.97 Å². The van der Waals surface area contributed by atoms with Gasteiger partial charge in [-0.25, -0.2) is 9.97 Å². The van der Waals surface area contributed by atoms with Gasteiger partial charge in [-0.1, -0.05) is 72.8 Å². The van der Waals surface area contributed by atoms with Crippen LogP contribution in [0.4, 0.5) is 11.4 Å². The van der Waals surface area contributed by atoms with Gasteiger partial charge in [-0.05, 0) is 155 Å². The van der Waals surface area contributed by atoms with Crippen LogP contribution in [0.3, 0.4) is 0 Å². The molecule has 4 aromatic carbocycles. The van der Waals surface area contributed by atoms with Crippen molar-refractivity contribution >= 4 is 17.2 Å². The van der Waals surface area contributed by atoms with Crippen molar-refractivity contribution in [2.75, 3.05) is 50.2 Å². The van der Waals surface area contributed by atoms with Crippen molar-refractivity contribution in [3.63, 3.8) is 0 Å². The number of carbonyl (C=O) groups excluding carboxylic acids is 1. The van der Waals surface area contributed by atoms with Crippen LogP contribution in [0.2, 0.25) is 0 Å². The Labute approximate surface area is 387 Å². The Morgan fingerprint density at radius 3 is 1.45 bits per heavy atom. The number of aliphatic hydroxyl groups is 2. The van der Waals surface area contributed by atoms with Gasteiger partial charge < -0.3 is 29.5 Å². The zero-order valence-electron chi connectivity index (χ0n) is 38.0. The van der Waals surface area contributed by atoms with Crippen LogP contribution in [0, 0.1) is 0 Å². The van der Waals surface area contributed by atoms with Crippen molar-refractivity contribution in [3.05, 3.63) is 165 Å². The number of aliphatic hydroxyl groups excluding tert-OH is 2. The minimum atomic E-state index is -0.561. The van der Waals surface area contributed by atoms with E-state index in [2.05, 4.69) is 94.7 Å². The molecule has 2 aromatic heterocycles. The monoisotopic (exact) mass is 878 g/mol. The molecule has 0 bridgehead atoms. The Bertz CT molecular complexity index is 2700. The second-order valence-electron chi connectivity index (χ2n) is 20.2. The lowest BCUT2D eigenvalue weighted by molar-refractivity contribution is 0.102. The number of methoxy groups -OCH3 is 2. The number of nitrogens with zero attached hydrogens (tertiary/aromatic N) is 4. The first-order valence-electron chi connectivity index (χ1n) is 24.1. The number of benzene rings is 4. The molecule has 66 heavy (non-hydrogen) atoms. The summed E-state index contributed by atoms with van der Waals surface area (Å²) in [6.45, 7) is 3.30. The molecule has 6 aliphatic rings. The fourth-order valence-corrected chi connectivity index (χ4v) is 12.5. The molecule has 2 saturated heterocycles. The third kappa shape index (κ3) is 7.09. The van der Waals surface area contributed by atoms with Gasteiger partial charge in [-0.15, -0.1) is 0 Å². The molecular formula is C57H58N4O5. The Morgan fingerprint density at radius 1 is 0.591 bits per heavy atom. The van der Waals surface area contributed by atoms with Crippen molar-refractivity contribution in [3.8, 4) is 22.3 Å². The number of rotatable bonds is 12. The van der Waals surface area contributed by atoms with Crippen LogP contribution in [0.25, 0.3) is 22.3 Å². The average molecular weight is 879 g/mol.